The topological polar surface area (TPSA) is 12.0 Å². The third-order valence-corrected chi connectivity index (χ3v) is 3.41. The zero-order chi connectivity index (χ0) is 15.5. The molecule has 0 amide bonds. The fourth-order valence-electron chi connectivity index (χ4n) is 1.72. The molecule has 1 N–H and O–H groups in total. The molecule has 0 spiro atoms. The zero-order valence-electron chi connectivity index (χ0n) is 12.8. The first kappa shape index (κ1) is 17.1. The van der Waals surface area contributed by atoms with Gasteiger partial charge in [0.05, 0.1) is 6.04 Å². The molecule has 2 heteroatoms. The van der Waals surface area contributed by atoms with Gasteiger partial charge >= 0.3 is 0 Å². The summed E-state index contributed by atoms with van der Waals surface area (Å²) in [6, 6.07) is 0.181. The summed E-state index contributed by atoms with van der Waals surface area (Å²) in [6.45, 7) is 12.1. The molecule has 2 rings (SSSR count). The van der Waals surface area contributed by atoms with Crippen LogP contribution in [0.3, 0.4) is 0 Å². The molecule has 0 fully saturated rings. The first-order valence-corrected chi connectivity index (χ1v) is 8.06. The predicted octanol–water partition coefficient (Wildman–Crippen LogP) is 5.42. The fourth-order valence-corrected chi connectivity index (χ4v) is 2.23. The number of hydrogen-bond acceptors (Lipinski definition) is 2. The molecule has 0 saturated heterocycles. The van der Waals surface area contributed by atoms with Gasteiger partial charge in [0.15, 0.2) is 0 Å². The molecule has 0 aliphatic carbocycles. The second-order valence-electron chi connectivity index (χ2n) is 4.21. The maximum Gasteiger partial charge on any atom is 0.0696 e. The van der Waals surface area contributed by atoms with Crippen LogP contribution in [-0.4, -0.2) is 6.04 Å². The quantitative estimate of drug-likeness (QED) is 0.693. The number of thioether (sulfide) groups is 1. The van der Waals surface area contributed by atoms with Crippen molar-refractivity contribution in [2.24, 2.45) is 0 Å². The van der Waals surface area contributed by atoms with E-state index in [1.165, 1.54) is 5.57 Å². The maximum atomic E-state index is 4.08. The van der Waals surface area contributed by atoms with E-state index in [4.69, 9.17) is 0 Å². The Hall–Kier alpha value is -1.93. The van der Waals surface area contributed by atoms with Gasteiger partial charge in [0.25, 0.3) is 0 Å². The molecule has 2 heterocycles. The summed E-state index contributed by atoms with van der Waals surface area (Å²) >= 11 is 1.65. The van der Waals surface area contributed by atoms with Crippen molar-refractivity contribution >= 4 is 11.8 Å². The third kappa shape index (κ3) is 5.92. The SMILES string of the molecule is C=C1/C=C\C=C/S/C=C\C(C2C=CC=CN2)=C/C1=C.CC. The Bertz CT molecular complexity index is 542. The Morgan fingerprint density at radius 2 is 1.76 bits per heavy atom. The average Bonchev–Trinajstić information content (AvgIpc) is 2.57. The average molecular weight is 297 g/mol. The minimum atomic E-state index is 0.181. The summed E-state index contributed by atoms with van der Waals surface area (Å²) in [5.74, 6) is 0. The van der Waals surface area contributed by atoms with Crippen LogP contribution in [0, 0.1) is 0 Å². The number of dihydropyridines is 1. The Kier molecular flexibility index (Phi) is 8.07. The molecule has 110 valence electrons. The molecule has 0 aromatic rings. The Balaban J connectivity index is 0.00000106. The zero-order valence-corrected chi connectivity index (χ0v) is 13.6. The van der Waals surface area contributed by atoms with E-state index in [1.54, 1.807) is 11.8 Å². The Labute approximate surface area is 132 Å². The molecule has 1 atom stereocenters. The summed E-state index contributed by atoms with van der Waals surface area (Å²) in [5.41, 5.74) is 3.03. The van der Waals surface area contributed by atoms with E-state index < -0.39 is 0 Å². The molecule has 2 aliphatic heterocycles. The van der Waals surface area contributed by atoms with E-state index in [0.717, 1.165) is 11.1 Å². The summed E-state index contributed by atoms with van der Waals surface area (Å²) in [6.07, 6.45) is 18.3. The molecule has 0 aromatic carbocycles. The molecule has 2 aliphatic rings. The molecule has 1 nitrogen and oxygen atoms in total. The highest BCUT2D eigenvalue weighted by molar-refractivity contribution is 8.04. The monoisotopic (exact) mass is 297 g/mol. The smallest absolute Gasteiger partial charge is 0.0696 e. The highest BCUT2D eigenvalue weighted by Gasteiger charge is 2.09. The van der Waals surface area contributed by atoms with Crippen LogP contribution < -0.4 is 5.32 Å². The van der Waals surface area contributed by atoms with Crippen molar-refractivity contribution < 1.29 is 0 Å². The summed E-state index contributed by atoms with van der Waals surface area (Å²) < 4.78 is 0. The van der Waals surface area contributed by atoms with E-state index in [-0.39, 0.29) is 6.04 Å². The van der Waals surface area contributed by atoms with Gasteiger partial charge in [-0.05, 0) is 52.0 Å². The normalized spacial score (nSPS) is 28.1. The molecule has 1 unspecified atom stereocenters. The van der Waals surface area contributed by atoms with Crippen LogP contribution in [0.15, 0.2) is 95.5 Å². The van der Waals surface area contributed by atoms with Crippen LogP contribution in [0.2, 0.25) is 0 Å². The maximum absolute atomic E-state index is 4.08. The van der Waals surface area contributed by atoms with E-state index in [0.29, 0.717) is 0 Å². The van der Waals surface area contributed by atoms with E-state index in [1.807, 2.05) is 55.8 Å². The van der Waals surface area contributed by atoms with Crippen LogP contribution in [0.5, 0.6) is 0 Å². The lowest BCUT2D eigenvalue weighted by atomic mass is 9.99. The summed E-state index contributed by atoms with van der Waals surface area (Å²) in [5, 5.41) is 7.43. The van der Waals surface area contributed by atoms with E-state index in [2.05, 4.69) is 42.1 Å². The van der Waals surface area contributed by atoms with Crippen LogP contribution in [0.4, 0.5) is 0 Å². The van der Waals surface area contributed by atoms with Crippen LogP contribution >= 0.6 is 11.8 Å². The van der Waals surface area contributed by atoms with Gasteiger partial charge in [-0.15, -0.1) is 11.8 Å². The summed E-state index contributed by atoms with van der Waals surface area (Å²) in [7, 11) is 0. The largest absolute Gasteiger partial charge is 0.381 e. The van der Waals surface area contributed by atoms with Gasteiger partial charge in [-0.1, -0.05) is 57.4 Å². The number of hydrogen-bond donors (Lipinski definition) is 1. The first-order chi connectivity index (χ1) is 10.3. The summed E-state index contributed by atoms with van der Waals surface area (Å²) in [4.78, 5) is 0. The lowest BCUT2D eigenvalue weighted by Gasteiger charge is -2.17. The second-order valence-corrected chi connectivity index (χ2v) is 5.03. The highest BCUT2D eigenvalue weighted by Crippen LogP contribution is 2.19. The number of allylic oxidation sites excluding steroid dienone is 8. The van der Waals surface area contributed by atoms with Gasteiger partial charge in [0.2, 0.25) is 0 Å². The lowest BCUT2D eigenvalue weighted by Crippen LogP contribution is -2.25. The van der Waals surface area contributed by atoms with Gasteiger partial charge < -0.3 is 5.32 Å². The van der Waals surface area contributed by atoms with Crippen molar-refractivity contribution in [1.29, 1.82) is 0 Å². The van der Waals surface area contributed by atoms with Gasteiger partial charge in [-0.3, -0.25) is 0 Å². The molecular formula is C19H23NS. The van der Waals surface area contributed by atoms with E-state index in [9.17, 15) is 0 Å². The molecule has 0 radical (unpaired) electrons. The van der Waals surface area contributed by atoms with Crippen molar-refractivity contribution in [3.8, 4) is 0 Å². The molecule has 0 bridgehead atoms. The number of nitrogens with one attached hydrogen (secondary N) is 1. The van der Waals surface area contributed by atoms with Crippen LogP contribution in [-0.2, 0) is 0 Å². The Morgan fingerprint density at radius 3 is 2.48 bits per heavy atom. The van der Waals surface area contributed by atoms with Crippen molar-refractivity contribution in [2.45, 2.75) is 19.9 Å². The standard InChI is InChI=1S/C17H17NS.C2H6/c1-14-7-4-6-11-19-12-9-16(13-15(14)2)17-8-3-5-10-18-17;1-2/h3-13,17-18H,1-2H2;1-2H3/b7-4-,11-6-,12-9-,16-13+;. The minimum absolute atomic E-state index is 0.181. The fraction of sp³-hybridized carbons (Fsp3) is 0.158. The van der Waals surface area contributed by atoms with Gasteiger partial charge in [0.1, 0.15) is 0 Å². The third-order valence-electron chi connectivity index (χ3n) is 2.80. The van der Waals surface area contributed by atoms with Gasteiger partial charge in [0, 0.05) is 0 Å². The second kappa shape index (κ2) is 9.89. The first-order valence-electron chi connectivity index (χ1n) is 7.12. The van der Waals surface area contributed by atoms with Gasteiger partial charge in [-0.25, -0.2) is 0 Å². The molecular weight excluding hydrogens is 274 g/mol. The van der Waals surface area contributed by atoms with Crippen molar-refractivity contribution in [3.05, 3.63) is 95.5 Å². The minimum Gasteiger partial charge on any atom is -0.381 e. The predicted molar refractivity (Wildman–Crippen MR) is 97.9 cm³/mol. The van der Waals surface area contributed by atoms with Crippen molar-refractivity contribution in [1.82, 2.24) is 5.32 Å². The van der Waals surface area contributed by atoms with Gasteiger partial charge in [-0.2, -0.15) is 0 Å². The molecule has 0 aromatic heterocycles. The van der Waals surface area contributed by atoms with E-state index >= 15 is 0 Å². The Morgan fingerprint density at radius 1 is 0.952 bits per heavy atom. The van der Waals surface area contributed by atoms with Crippen LogP contribution in [0.25, 0.3) is 0 Å². The van der Waals surface area contributed by atoms with Crippen molar-refractivity contribution in [3.63, 3.8) is 0 Å². The number of rotatable bonds is 1. The molecule has 21 heavy (non-hydrogen) atoms. The highest BCUT2D eigenvalue weighted by atomic mass is 32.2. The molecule has 0 saturated carbocycles. The van der Waals surface area contributed by atoms with Crippen LogP contribution in [0.1, 0.15) is 13.8 Å². The lowest BCUT2D eigenvalue weighted by molar-refractivity contribution is 0.800. The van der Waals surface area contributed by atoms with Crippen molar-refractivity contribution in [2.75, 3.05) is 0 Å².